The van der Waals surface area contributed by atoms with Crippen molar-refractivity contribution in [3.8, 4) is 5.69 Å². The summed E-state index contributed by atoms with van der Waals surface area (Å²) in [6, 6.07) is 3.70. The normalized spacial score (nSPS) is 10.6. The van der Waals surface area contributed by atoms with Crippen molar-refractivity contribution in [2.45, 2.75) is 20.3 Å². The number of anilines is 1. The van der Waals surface area contributed by atoms with Crippen LogP contribution in [0.15, 0.2) is 30.7 Å². The van der Waals surface area contributed by atoms with Crippen molar-refractivity contribution < 1.29 is 4.79 Å². The molecule has 0 N–H and O–H groups in total. The van der Waals surface area contributed by atoms with Gasteiger partial charge in [0.25, 0.3) is 5.24 Å². The Morgan fingerprint density at radius 2 is 2.29 bits per heavy atom. The number of hydrogen-bond acceptors (Lipinski definition) is 4. The lowest BCUT2D eigenvalue weighted by atomic mass is 10.4. The molecule has 0 fully saturated rings. The first-order valence-corrected chi connectivity index (χ1v) is 8.13. The average Bonchev–Trinajstić information content (AvgIpc) is 2.89. The summed E-state index contributed by atoms with van der Waals surface area (Å²) in [6.07, 6.45) is 6.10. The molecule has 0 spiro atoms. The third-order valence-corrected chi connectivity index (χ3v) is 4.17. The van der Waals surface area contributed by atoms with E-state index in [2.05, 4.69) is 10.1 Å². The first-order valence-electron chi connectivity index (χ1n) is 6.77. The minimum atomic E-state index is -0.00742. The Kier molecular flexibility index (Phi) is 5.64. The van der Waals surface area contributed by atoms with Gasteiger partial charge in [0.2, 0.25) is 0 Å². The predicted molar refractivity (Wildman–Crippen MR) is 87.5 cm³/mol. The van der Waals surface area contributed by atoms with Gasteiger partial charge in [-0.25, -0.2) is 4.68 Å². The summed E-state index contributed by atoms with van der Waals surface area (Å²) in [5.41, 5.74) is 1.42. The molecule has 2 aromatic heterocycles. The maximum atomic E-state index is 12.2. The van der Waals surface area contributed by atoms with Crippen LogP contribution in [0, 0.1) is 0 Å². The molecule has 112 valence electrons. The number of carbonyl (C=O) groups is 1. The topological polar surface area (TPSA) is 51.0 Å². The quantitative estimate of drug-likeness (QED) is 0.833. The fraction of sp³-hybridized carbons (Fsp3) is 0.357. The number of nitrogens with zero attached hydrogens (tertiary/aromatic N) is 4. The number of amides is 1. The molecule has 0 radical (unpaired) electrons. The summed E-state index contributed by atoms with van der Waals surface area (Å²) in [6.45, 7) is 4.51. The van der Waals surface area contributed by atoms with Crippen LogP contribution in [0.5, 0.6) is 0 Å². The molecule has 0 aliphatic carbocycles. The molecule has 1 amide bonds. The largest absolute Gasteiger partial charge is 0.299 e. The number of carbonyl (C=O) groups excluding carboxylic acids is 1. The molecule has 0 atom stereocenters. The van der Waals surface area contributed by atoms with Crippen molar-refractivity contribution >= 4 is 34.3 Å². The minimum absolute atomic E-state index is 0.00742. The van der Waals surface area contributed by atoms with Gasteiger partial charge in [-0.15, -0.1) is 0 Å². The van der Waals surface area contributed by atoms with Gasteiger partial charge in [0.05, 0.1) is 18.1 Å². The Labute approximate surface area is 133 Å². The second-order valence-corrected chi connectivity index (χ2v) is 5.72. The lowest BCUT2D eigenvalue weighted by Crippen LogP contribution is -2.27. The van der Waals surface area contributed by atoms with Crippen molar-refractivity contribution in [2.75, 3.05) is 17.2 Å². The van der Waals surface area contributed by atoms with Gasteiger partial charge in [0.1, 0.15) is 5.69 Å². The average molecular weight is 325 g/mol. The minimum Gasteiger partial charge on any atom is -0.299 e. The highest BCUT2D eigenvalue weighted by Gasteiger charge is 2.20. The molecule has 7 heteroatoms. The van der Waals surface area contributed by atoms with Crippen LogP contribution in [0.25, 0.3) is 5.69 Å². The summed E-state index contributed by atoms with van der Waals surface area (Å²) >= 11 is 7.49. The number of aromatic nitrogens is 3. The molecule has 0 bridgehead atoms. The smallest absolute Gasteiger partial charge is 0.286 e. The molecule has 2 aromatic rings. The molecule has 2 rings (SSSR count). The van der Waals surface area contributed by atoms with E-state index in [9.17, 15) is 4.79 Å². The summed E-state index contributed by atoms with van der Waals surface area (Å²) in [5.74, 6) is 0.795. The highest BCUT2D eigenvalue weighted by molar-refractivity contribution is 8.13. The fourth-order valence-electron chi connectivity index (χ4n) is 1.81. The van der Waals surface area contributed by atoms with Crippen LogP contribution < -0.4 is 4.90 Å². The van der Waals surface area contributed by atoms with Crippen LogP contribution in [0.4, 0.5) is 10.5 Å². The zero-order chi connectivity index (χ0) is 15.2. The summed E-state index contributed by atoms with van der Waals surface area (Å²) in [4.78, 5) is 17.9. The molecular weight excluding hydrogens is 308 g/mol. The van der Waals surface area contributed by atoms with E-state index in [0.717, 1.165) is 17.9 Å². The number of rotatable bonds is 5. The Morgan fingerprint density at radius 3 is 2.90 bits per heavy atom. The lowest BCUT2D eigenvalue weighted by Gasteiger charge is -2.18. The van der Waals surface area contributed by atoms with Gasteiger partial charge >= 0.3 is 0 Å². The number of pyridine rings is 1. The van der Waals surface area contributed by atoms with Crippen molar-refractivity contribution in [3.05, 3.63) is 35.9 Å². The van der Waals surface area contributed by atoms with E-state index in [1.54, 1.807) is 28.2 Å². The molecular formula is C14H17ClN4OS. The maximum Gasteiger partial charge on any atom is 0.286 e. The standard InChI is InChI=1S/C14H17ClN4OS/c1-3-8-21-14(20)18(4-2)12-10-19(17-13(12)15)11-6-5-7-16-9-11/h5-7,9-10H,3-4,8H2,1-2H3. The molecule has 21 heavy (non-hydrogen) atoms. The predicted octanol–water partition coefficient (Wildman–Crippen LogP) is 4.01. The summed E-state index contributed by atoms with van der Waals surface area (Å²) in [7, 11) is 0. The zero-order valence-electron chi connectivity index (χ0n) is 12.0. The van der Waals surface area contributed by atoms with Crippen LogP contribution in [-0.4, -0.2) is 32.3 Å². The van der Waals surface area contributed by atoms with E-state index in [1.165, 1.54) is 11.8 Å². The third-order valence-electron chi connectivity index (χ3n) is 2.82. The Morgan fingerprint density at radius 1 is 1.48 bits per heavy atom. The van der Waals surface area contributed by atoms with Gasteiger partial charge in [-0.05, 0) is 25.5 Å². The van der Waals surface area contributed by atoms with E-state index in [0.29, 0.717) is 17.4 Å². The molecule has 0 aliphatic rings. The molecule has 0 saturated carbocycles. The van der Waals surface area contributed by atoms with E-state index in [4.69, 9.17) is 11.6 Å². The lowest BCUT2D eigenvalue weighted by molar-refractivity contribution is 0.265. The Hall–Kier alpha value is -1.53. The van der Waals surface area contributed by atoms with Crippen molar-refractivity contribution in [3.63, 3.8) is 0 Å². The van der Waals surface area contributed by atoms with Crippen LogP contribution in [0.2, 0.25) is 5.15 Å². The van der Waals surface area contributed by atoms with Gasteiger partial charge in [0, 0.05) is 18.5 Å². The zero-order valence-corrected chi connectivity index (χ0v) is 13.6. The van der Waals surface area contributed by atoms with E-state index in [1.807, 2.05) is 26.0 Å². The van der Waals surface area contributed by atoms with Crippen LogP contribution in [0.1, 0.15) is 20.3 Å². The van der Waals surface area contributed by atoms with Crippen LogP contribution in [-0.2, 0) is 0 Å². The van der Waals surface area contributed by atoms with Gasteiger partial charge in [-0.2, -0.15) is 5.10 Å². The van der Waals surface area contributed by atoms with Crippen LogP contribution >= 0.6 is 23.4 Å². The van der Waals surface area contributed by atoms with E-state index >= 15 is 0 Å². The number of hydrogen-bond donors (Lipinski definition) is 0. The molecule has 5 nitrogen and oxygen atoms in total. The Bertz CT molecular complexity index is 602. The van der Waals surface area contributed by atoms with E-state index < -0.39 is 0 Å². The second kappa shape index (κ2) is 7.47. The molecule has 0 saturated heterocycles. The van der Waals surface area contributed by atoms with Crippen molar-refractivity contribution in [2.24, 2.45) is 0 Å². The van der Waals surface area contributed by atoms with Gasteiger partial charge in [-0.1, -0.05) is 30.3 Å². The first-order chi connectivity index (χ1) is 10.2. The van der Waals surface area contributed by atoms with Crippen LogP contribution in [0.3, 0.4) is 0 Å². The number of halogens is 1. The Balaban J connectivity index is 2.27. The summed E-state index contributed by atoms with van der Waals surface area (Å²) in [5, 5.41) is 4.56. The highest BCUT2D eigenvalue weighted by atomic mass is 35.5. The van der Waals surface area contributed by atoms with Gasteiger partial charge < -0.3 is 0 Å². The third kappa shape index (κ3) is 3.77. The van der Waals surface area contributed by atoms with Crippen molar-refractivity contribution in [1.29, 1.82) is 0 Å². The SMILES string of the molecule is CCCSC(=O)N(CC)c1cn(-c2cccnc2)nc1Cl. The molecule has 2 heterocycles. The van der Waals surface area contributed by atoms with Crippen molar-refractivity contribution in [1.82, 2.24) is 14.8 Å². The first kappa shape index (κ1) is 15.9. The summed E-state index contributed by atoms with van der Waals surface area (Å²) < 4.78 is 1.63. The fourth-order valence-corrected chi connectivity index (χ4v) is 2.81. The monoisotopic (exact) mass is 324 g/mol. The maximum absolute atomic E-state index is 12.2. The highest BCUT2D eigenvalue weighted by Crippen LogP contribution is 2.28. The number of thioether (sulfide) groups is 1. The molecule has 0 aromatic carbocycles. The molecule has 0 aliphatic heterocycles. The van der Waals surface area contributed by atoms with E-state index in [-0.39, 0.29) is 5.24 Å². The van der Waals surface area contributed by atoms with Gasteiger partial charge in [-0.3, -0.25) is 14.7 Å². The van der Waals surface area contributed by atoms with Gasteiger partial charge in [0.15, 0.2) is 5.15 Å². The molecule has 0 unspecified atom stereocenters. The second-order valence-electron chi connectivity index (χ2n) is 4.32.